The number of benzene rings is 1. The zero-order valence-corrected chi connectivity index (χ0v) is 22.3. The predicted octanol–water partition coefficient (Wildman–Crippen LogP) is 5.05. The van der Waals surface area contributed by atoms with Crippen molar-refractivity contribution < 1.29 is 9.59 Å². The van der Waals surface area contributed by atoms with E-state index in [1.165, 1.54) is 42.7 Å². The summed E-state index contributed by atoms with van der Waals surface area (Å²) in [4.78, 5) is 35.5. The summed E-state index contributed by atoms with van der Waals surface area (Å²) in [5.41, 5.74) is 3.07. The summed E-state index contributed by atoms with van der Waals surface area (Å²) in [5, 5.41) is 4.02. The van der Waals surface area contributed by atoms with Crippen LogP contribution >= 0.6 is 11.3 Å². The van der Waals surface area contributed by atoms with Gasteiger partial charge < -0.3 is 15.1 Å². The second-order valence-corrected chi connectivity index (χ2v) is 11.3. The lowest BCUT2D eigenvalue weighted by molar-refractivity contribution is -0.122. The molecule has 2 amide bonds. The summed E-state index contributed by atoms with van der Waals surface area (Å²) in [7, 11) is 0. The van der Waals surface area contributed by atoms with Crippen LogP contribution in [-0.4, -0.2) is 65.4 Å². The Bertz CT molecular complexity index is 995. The van der Waals surface area contributed by atoms with Crippen LogP contribution in [0, 0.1) is 19.8 Å². The second kappa shape index (κ2) is 12.1. The molecule has 2 saturated heterocycles. The van der Waals surface area contributed by atoms with Gasteiger partial charge in [-0.1, -0.05) is 36.2 Å². The van der Waals surface area contributed by atoms with Gasteiger partial charge in [0.1, 0.15) is 9.88 Å². The van der Waals surface area contributed by atoms with Gasteiger partial charge in [0.15, 0.2) is 0 Å². The Balaban J connectivity index is 1.19. The van der Waals surface area contributed by atoms with Crippen molar-refractivity contribution in [3.8, 4) is 10.6 Å². The van der Waals surface area contributed by atoms with Crippen LogP contribution in [0.3, 0.4) is 0 Å². The normalized spacial score (nSPS) is 19.6. The predicted molar refractivity (Wildman–Crippen MR) is 143 cm³/mol. The molecule has 1 N–H and O–H groups in total. The van der Waals surface area contributed by atoms with Crippen LogP contribution in [0.4, 0.5) is 0 Å². The van der Waals surface area contributed by atoms with Gasteiger partial charge >= 0.3 is 0 Å². The average molecular weight is 497 g/mol. The summed E-state index contributed by atoms with van der Waals surface area (Å²) in [6, 6.07) is 8.95. The minimum atomic E-state index is 0.0770. The Morgan fingerprint density at radius 2 is 1.80 bits per heavy atom. The zero-order chi connectivity index (χ0) is 24.8. The second-order valence-electron chi connectivity index (χ2n) is 10.3. The monoisotopic (exact) mass is 496 g/mol. The standard InChI is InChI=1S/C28H40N4O2S/c1-20-8-10-24(11-9-20)27-30-22(3)26(35-27)28(34)32-17-12-23(13-18-32)19-25(33)29-14-6-16-31-15-5-4-7-21(31)2/h8-11,21,23H,4-7,12-19H2,1-3H3,(H,29,33). The minimum Gasteiger partial charge on any atom is -0.356 e. The molecule has 190 valence electrons. The molecule has 2 aliphatic heterocycles. The van der Waals surface area contributed by atoms with Crippen molar-refractivity contribution in [2.75, 3.05) is 32.7 Å². The van der Waals surface area contributed by atoms with Crippen molar-refractivity contribution >= 4 is 23.2 Å². The highest BCUT2D eigenvalue weighted by Crippen LogP contribution is 2.30. The van der Waals surface area contributed by atoms with E-state index < -0.39 is 0 Å². The average Bonchev–Trinajstić information content (AvgIpc) is 3.25. The summed E-state index contributed by atoms with van der Waals surface area (Å²) in [5.74, 6) is 0.586. The SMILES string of the molecule is Cc1ccc(-c2nc(C)c(C(=O)N3CCC(CC(=O)NCCCN4CCCCC4C)CC3)s2)cc1. The van der Waals surface area contributed by atoms with Crippen molar-refractivity contribution in [1.29, 1.82) is 0 Å². The van der Waals surface area contributed by atoms with E-state index in [4.69, 9.17) is 0 Å². The van der Waals surface area contributed by atoms with Crippen molar-refractivity contribution in [2.45, 2.75) is 71.8 Å². The molecule has 1 aromatic heterocycles. The number of nitrogens with zero attached hydrogens (tertiary/aromatic N) is 3. The highest BCUT2D eigenvalue weighted by molar-refractivity contribution is 7.17. The topological polar surface area (TPSA) is 65.5 Å². The highest BCUT2D eigenvalue weighted by atomic mass is 32.1. The van der Waals surface area contributed by atoms with Crippen LogP contribution < -0.4 is 5.32 Å². The molecule has 4 rings (SSSR count). The highest BCUT2D eigenvalue weighted by Gasteiger charge is 2.27. The Morgan fingerprint density at radius 3 is 2.51 bits per heavy atom. The Morgan fingerprint density at radius 1 is 1.06 bits per heavy atom. The number of hydrogen-bond donors (Lipinski definition) is 1. The molecule has 2 fully saturated rings. The first kappa shape index (κ1) is 25.8. The van der Waals surface area contributed by atoms with E-state index in [9.17, 15) is 9.59 Å². The lowest BCUT2D eigenvalue weighted by Gasteiger charge is -2.33. The summed E-state index contributed by atoms with van der Waals surface area (Å²) < 4.78 is 0. The summed E-state index contributed by atoms with van der Waals surface area (Å²) in [6.07, 6.45) is 7.29. The maximum Gasteiger partial charge on any atom is 0.265 e. The fourth-order valence-corrected chi connectivity index (χ4v) is 6.27. The number of piperidine rings is 2. The smallest absolute Gasteiger partial charge is 0.265 e. The first-order valence-corrected chi connectivity index (χ1v) is 14.1. The number of aromatic nitrogens is 1. The van der Waals surface area contributed by atoms with Crippen molar-refractivity contribution in [1.82, 2.24) is 20.1 Å². The third-order valence-corrected chi connectivity index (χ3v) is 8.74. The molecule has 7 heteroatoms. The van der Waals surface area contributed by atoms with Gasteiger partial charge in [-0.3, -0.25) is 9.59 Å². The lowest BCUT2D eigenvalue weighted by atomic mass is 9.93. The molecule has 2 aliphatic rings. The zero-order valence-electron chi connectivity index (χ0n) is 21.5. The number of carbonyl (C=O) groups is 2. The van der Waals surface area contributed by atoms with E-state index in [0.717, 1.165) is 53.5 Å². The van der Waals surface area contributed by atoms with Crippen LogP contribution in [-0.2, 0) is 4.79 Å². The Kier molecular flexibility index (Phi) is 8.95. The van der Waals surface area contributed by atoms with E-state index in [1.54, 1.807) is 0 Å². The van der Waals surface area contributed by atoms with Crippen LogP contribution in [0.2, 0.25) is 0 Å². The Labute approximate surface area is 214 Å². The lowest BCUT2D eigenvalue weighted by Crippen LogP contribution is -2.40. The van der Waals surface area contributed by atoms with Crippen LogP contribution in [0.15, 0.2) is 24.3 Å². The quantitative estimate of drug-likeness (QED) is 0.520. The molecule has 0 bridgehead atoms. The van der Waals surface area contributed by atoms with Gasteiger partial charge in [-0.2, -0.15) is 0 Å². The first-order valence-electron chi connectivity index (χ1n) is 13.2. The van der Waals surface area contributed by atoms with E-state index in [2.05, 4.69) is 53.3 Å². The van der Waals surface area contributed by atoms with Gasteiger partial charge in [0.05, 0.1) is 5.69 Å². The number of aryl methyl sites for hydroxylation is 2. The molecule has 6 nitrogen and oxygen atoms in total. The van der Waals surface area contributed by atoms with Crippen molar-refractivity contribution in [2.24, 2.45) is 5.92 Å². The molecule has 1 atom stereocenters. The van der Waals surface area contributed by atoms with Crippen molar-refractivity contribution in [3.63, 3.8) is 0 Å². The van der Waals surface area contributed by atoms with Gasteiger partial charge in [0.25, 0.3) is 5.91 Å². The number of likely N-dealkylation sites (tertiary alicyclic amines) is 2. The van der Waals surface area contributed by atoms with Gasteiger partial charge in [0, 0.05) is 44.2 Å². The fourth-order valence-electron chi connectivity index (χ4n) is 5.23. The molecular formula is C28H40N4O2S. The fraction of sp³-hybridized carbons (Fsp3) is 0.607. The number of amides is 2. The van der Waals surface area contributed by atoms with Gasteiger partial charge in [-0.15, -0.1) is 11.3 Å². The van der Waals surface area contributed by atoms with Crippen LogP contribution in [0.5, 0.6) is 0 Å². The third kappa shape index (κ3) is 6.91. The minimum absolute atomic E-state index is 0.0770. The molecular weight excluding hydrogens is 456 g/mol. The molecule has 1 unspecified atom stereocenters. The molecule has 0 radical (unpaired) electrons. The third-order valence-electron chi connectivity index (χ3n) is 7.55. The first-order chi connectivity index (χ1) is 16.9. The van der Waals surface area contributed by atoms with E-state index >= 15 is 0 Å². The molecule has 1 aromatic carbocycles. The molecule has 0 saturated carbocycles. The number of nitrogens with one attached hydrogen (secondary N) is 1. The Hall–Kier alpha value is -2.25. The maximum atomic E-state index is 13.2. The van der Waals surface area contributed by atoms with Gasteiger partial charge in [-0.05, 0) is 65.3 Å². The molecule has 2 aromatic rings. The van der Waals surface area contributed by atoms with Gasteiger partial charge in [-0.25, -0.2) is 4.98 Å². The molecule has 0 aliphatic carbocycles. The van der Waals surface area contributed by atoms with E-state index in [0.29, 0.717) is 31.5 Å². The number of rotatable bonds is 8. The van der Waals surface area contributed by atoms with Crippen LogP contribution in [0.1, 0.15) is 72.8 Å². The summed E-state index contributed by atoms with van der Waals surface area (Å²) >= 11 is 1.48. The van der Waals surface area contributed by atoms with Crippen molar-refractivity contribution in [3.05, 3.63) is 40.4 Å². The largest absolute Gasteiger partial charge is 0.356 e. The molecule has 3 heterocycles. The number of hydrogen-bond acceptors (Lipinski definition) is 5. The number of thiazole rings is 1. The summed E-state index contributed by atoms with van der Waals surface area (Å²) in [6.45, 7) is 10.7. The molecule has 0 spiro atoms. The van der Waals surface area contributed by atoms with Gasteiger partial charge in [0.2, 0.25) is 5.91 Å². The number of carbonyl (C=O) groups excluding carboxylic acids is 2. The van der Waals surface area contributed by atoms with E-state index in [1.807, 2.05) is 11.8 Å². The van der Waals surface area contributed by atoms with Crippen LogP contribution in [0.25, 0.3) is 10.6 Å². The maximum absolute atomic E-state index is 13.2. The molecule has 35 heavy (non-hydrogen) atoms. The van der Waals surface area contributed by atoms with E-state index in [-0.39, 0.29) is 11.8 Å².